The van der Waals surface area contributed by atoms with Gasteiger partial charge in [0.2, 0.25) is 0 Å². The molecule has 0 saturated carbocycles. The first kappa shape index (κ1) is 13.5. The van der Waals surface area contributed by atoms with Crippen LogP contribution < -0.4 is 10.5 Å². The van der Waals surface area contributed by atoms with Crippen LogP contribution in [0.15, 0.2) is 30.6 Å². The highest BCUT2D eigenvalue weighted by Gasteiger charge is 2.11. The normalized spacial score (nSPS) is 11.6. The van der Waals surface area contributed by atoms with Gasteiger partial charge in [-0.25, -0.2) is 4.98 Å². The molecule has 2 aromatic rings. The Morgan fingerprint density at radius 2 is 1.95 bits per heavy atom. The van der Waals surface area contributed by atoms with Crippen LogP contribution in [-0.2, 0) is 6.54 Å². The lowest BCUT2D eigenvalue weighted by Gasteiger charge is -2.17. The smallest absolute Gasteiger partial charge is 0.181 e. The second-order valence-corrected chi connectivity index (χ2v) is 5.30. The number of rotatable bonds is 5. The monoisotopic (exact) mass is 260 g/mol. The van der Waals surface area contributed by atoms with Crippen molar-refractivity contribution in [3.63, 3.8) is 0 Å². The number of hydrogen-bond donors (Lipinski definition) is 1. The first-order chi connectivity index (χ1) is 8.98. The van der Waals surface area contributed by atoms with Gasteiger partial charge in [-0.1, -0.05) is 0 Å². The van der Waals surface area contributed by atoms with Crippen molar-refractivity contribution in [3.8, 4) is 17.1 Å². The minimum absolute atomic E-state index is 0.188. The summed E-state index contributed by atoms with van der Waals surface area (Å²) in [4.78, 5) is 4.31. The van der Waals surface area contributed by atoms with E-state index in [-0.39, 0.29) is 5.54 Å². The number of nitrogens with zero attached hydrogens (tertiary/aromatic N) is 3. The molecule has 0 aliphatic carbocycles. The van der Waals surface area contributed by atoms with Crippen molar-refractivity contribution in [1.82, 2.24) is 14.8 Å². The molecular weight excluding hydrogens is 240 g/mol. The van der Waals surface area contributed by atoms with Crippen LogP contribution in [0.2, 0.25) is 0 Å². The summed E-state index contributed by atoms with van der Waals surface area (Å²) in [7, 11) is 1.65. The van der Waals surface area contributed by atoms with Crippen LogP contribution in [0.25, 0.3) is 11.4 Å². The lowest BCUT2D eigenvalue weighted by molar-refractivity contribution is 0.415. The molecule has 0 aliphatic rings. The predicted molar refractivity (Wildman–Crippen MR) is 74.9 cm³/mol. The SMILES string of the molecule is COc1ccc(-c2ncn(CCC(C)(C)N)n2)cc1. The Balaban J connectivity index is 2.07. The topological polar surface area (TPSA) is 66.0 Å². The molecule has 0 radical (unpaired) electrons. The van der Waals surface area contributed by atoms with Crippen molar-refractivity contribution in [2.75, 3.05) is 7.11 Å². The van der Waals surface area contributed by atoms with Crippen LogP contribution in [-0.4, -0.2) is 27.4 Å². The van der Waals surface area contributed by atoms with Gasteiger partial charge in [0.25, 0.3) is 0 Å². The van der Waals surface area contributed by atoms with Crippen LogP contribution in [0, 0.1) is 0 Å². The molecule has 0 fully saturated rings. The summed E-state index contributed by atoms with van der Waals surface area (Å²) in [5.74, 6) is 1.55. The second-order valence-electron chi connectivity index (χ2n) is 5.30. The Labute approximate surface area is 113 Å². The third-order valence-electron chi connectivity index (χ3n) is 2.87. The van der Waals surface area contributed by atoms with E-state index in [4.69, 9.17) is 10.5 Å². The first-order valence-corrected chi connectivity index (χ1v) is 6.31. The quantitative estimate of drug-likeness (QED) is 0.894. The number of aromatic nitrogens is 3. The molecule has 5 nitrogen and oxygen atoms in total. The Hall–Kier alpha value is -1.88. The molecule has 0 bridgehead atoms. The summed E-state index contributed by atoms with van der Waals surface area (Å²) >= 11 is 0. The van der Waals surface area contributed by atoms with E-state index in [0.29, 0.717) is 0 Å². The van der Waals surface area contributed by atoms with E-state index in [1.807, 2.05) is 42.8 Å². The van der Waals surface area contributed by atoms with Gasteiger partial charge < -0.3 is 10.5 Å². The molecule has 0 unspecified atom stereocenters. The number of methoxy groups -OCH3 is 1. The van der Waals surface area contributed by atoms with Crippen LogP contribution in [0.3, 0.4) is 0 Å². The van der Waals surface area contributed by atoms with E-state index in [0.717, 1.165) is 30.1 Å². The minimum atomic E-state index is -0.188. The molecule has 5 heteroatoms. The molecule has 2 rings (SSSR count). The van der Waals surface area contributed by atoms with Crippen molar-refractivity contribution in [1.29, 1.82) is 0 Å². The second kappa shape index (κ2) is 5.40. The fourth-order valence-corrected chi connectivity index (χ4v) is 1.68. The van der Waals surface area contributed by atoms with E-state index in [1.165, 1.54) is 0 Å². The summed E-state index contributed by atoms with van der Waals surface area (Å²) < 4.78 is 6.95. The fourth-order valence-electron chi connectivity index (χ4n) is 1.68. The zero-order chi connectivity index (χ0) is 13.9. The highest BCUT2D eigenvalue weighted by molar-refractivity contribution is 5.55. The molecule has 1 aromatic heterocycles. The van der Waals surface area contributed by atoms with Crippen LogP contribution in [0.5, 0.6) is 5.75 Å². The highest BCUT2D eigenvalue weighted by Crippen LogP contribution is 2.18. The van der Waals surface area contributed by atoms with Gasteiger partial charge in [-0.15, -0.1) is 0 Å². The van der Waals surface area contributed by atoms with Crippen molar-refractivity contribution >= 4 is 0 Å². The standard InChI is InChI=1S/C14H20N4O/c1-14(2,15)8-9-18-10-16-13(17-18)11-4-6-12(19-3)7-5-11/h4-7,10H,8-9,15H2,1-3H3. The molecule has 19 heavy (non-hydrogen) atoms. The predicted octanol–water partition coefficient (Wildman–Crippen LogP) is 2.08. The number of hydrogen-bond acceptors (Lipinski definition) is 4. The van der Waals surface area contributed by atoms with E-state index in [9.17, 15) is 0 Å². The number of aryl methyl sites for hydroxylation is 1. The van der Waals surface area contributed by atoms with Crippen molar-refractivity contribution in [3.05, 3.63) is 30.6 Å². The van der Waals surface area contributed by atoms with Crippen LogP contribution in [0.4, 0.5) is 0 Å². The Morgan fingerprint density at radius 1 is 1.26 bits per heavy atom. The van der Waals surface area contributed by atoms with Gasteiger partial charge in [-0.3, -0.25) is 4.68 Å². The van der Waals surface area contributed by atoms with E-state index in [1.54, 1.807) is 13.4 Å². The molecule has 0 spiro atoms. The summed E-state index contributed by atoms with van der Waals surface area (Å²) in [6.45, 7) is 4.79. The fraction of sp³-hybridized carbons (Fsp3) is 0.429. The number of benzene rings is 1. The summed E-state index contributed by atoms with van der Waals surface area (Å²) in [6, 6.07) is 7.70. The van der Waals surface area contributed by atoms with Gasteiger partial charge in [0.05, 0.1) is 7.11 Å². The minimum Gasteiger partial charge on any atom is -0.497 e. The van der Waals surface area contributed by atoms with E-state index >= 15 is 0 Å². The number of ether oxygens (including phenoxy) is 1. The molecule has 0 saturated heterocycles. The van der Waals surface area contributed by atoms with Gasteiger partial charge in [0, 0.05) is 17.6 Å². The zero-order valence-corrected chi connectivity index (χ0v) is 11.6. The summed E-state index contributed by atoms with van der Waals surface area (Å²) in [5, 5.41) is 4.45. The lowest BCUT2D eigenvalue weighted by Crippen LogP contribution is -2.33. The van der Waals surface area contributed by atoms with Crippen molar-refractivity contribution in [2.45, 2.75) is 32.4 Å². The van der Waals surface area contributed by atoms with Gasteiger partial charge in [-0.2, -0.15) is 5.10 Å². The molecule has 2 N–H and O–H groups in total. The molecule has 1 aromatic carbocycles. The summed E-state index contributed by atoms with van der Waals surface area (Å²) in [6.07, 6.45) is 2.60. The van der Waals surface area contributed by atoms with Gasteiger partial charge in [0.15, 0.2) is 5.82 Å². The average molecular weight is 260 g/mol. The lowest BCUT2D eigenvalue weighted by atomic mass is 10.0. The van der Waals surface area contributed by atoms with Crippen molar-refractivity contribution < 1.29 is 4.74 Å². The maximum Gasteiger partial charge on any atom is 0.181 e. The third-order valence-corrected chi connectivity index (χ3v) is 2.87. The Kier molecular flexibility index (Phi) is 3.85. The Morgan fingerprint density at radius 3 is 2.53 bits per heavy atom. The van der Waals surface area contributed by atoms with Gasteiger partial charge in [0.1, 0.15) is 12.1 Å². The maximum atomic E-state index is 5.96. The van der Waals surface area contributed by atoms with Crippen LogP contribution >= 0.6 is 0 Å². The average Bonchev–Trinajstić information content (AvgIpc) is 2.84. The van der Waals surface area contributed by atoms with Crippen molar-refractivity contribution in [2.24, 2.45) is 5.73 Å². The molecule has 0 atom stereocenters. The largest absolute Gasteiger partial charge is 0.497 e. The molecule has 0 aliphatic heterocycles. The number of nitrogens with two attached hydrogens (primary N) is 1. The molecule has 102 valence electrons. The molecule has 0 amide bonds. The van der Waals surface area contributed by atoms with Gasteiger partial charge in [-0.05, 0) is 44.5 Å². The van der Waals surface area contributed by atoms with E-state index in [2.05, 4.69) is 10.1 Å². The first-order valence-electron chi connectivity index (χ1n) is 6.31. The summed E-state index contributed by atoms with van der Waals surface area (Å²) in [5.41, 5.74) is 6.75. The molecular formula is C14H20N4O. The molecule has 1 heterocycles. The maximum absolute atomic E-state index is 5.96. The third kappa shape index (κ3) is 3.79. The highest BCUT2D eigenvalue weighted by atomic mass is 16.5. The van der Waals surface area contributed by atoms with Gasteiger partial charge >= 0.3 is 0 Å². The van der Waals surface area contributed by atoms with E-state index < -0.39 is 0 Å². The Bertz CT molecular complexity index is 525. The van der Waals surface area contributed by atoms with Crippen LogP contribution in [0.1, 0.15) is 20.3 Å². The zero-order valence-electron chi connectivity index (χ0n) is 11.6.